The third-order valence-corrected chi connectivity index (χ3v) is 78.6. The van der Waals surface area contributed by atoms with Crippen LogP contribution in [0.5, 0.6) is 0 Å². The Morgan fingerprint density at radius 2 is 1.29 bits per heavy atom. The summed E-state index contributed by atoms with van der Waals surface area (Å²) in [6.07, 6.45) is -1.62. The van der Waals surface area contributed by atoms with Crippen LogP contribution < -0.4 is 0 Å². The van der Waals surface area contributed by atoms with Crippen molar-refractivity contribution < 1.29 is 0 Å². The summed E-state index contributed by atoms with van der Waals surface area (Å²) in [6, 6.07) is 0. The van der Waals surface area contributed by atoms with Crippen molar-refractivity contribution in [2.24, 2.45) is 5.92 Å². The Labute approximate surface area is 138 Å². The molecule has 1 aliphatic heterocycles. The molecular formula is C16H45P5. The van der Waals surface area contributed by atoms with Gasteiger partial charge in [0.2, 0.25) is 0 Å². The van der Waals surface area contributed by atoms with Gasteiger partial charge in [-0.05, 0) is 0 Å². The predicted molar refractivity (Wildman–Crippen MR) is 126 cm³/mol. The molecule has 0 bridgehead atoms. The summed E-state index contributed by atoms with van der Waals surface area (Å²) in [4.78, 5) is 0. The van der Waals surface area contributed by atoms with Crippen molar-refractivity contribution >= 4 is 33.8 Å². The second-order valence-electron chi connectivity index (χ2n) is 11.6. The molecule has 0 N–H and O–H groups in total. The molecule has 21 heavy (non-hydrogen) atoms. The molecule has 1 fully saturated rings. The van der Waals surface area contributed by atoms with Crippen LogP contribution in [0.4, 0.5) is 0 Å². The Kier molecular flexibility index (Phi) is 5.13. The molecule has 0 aliphatic carbocycles. The molecule has 134 valence electrons. The average molecular weight is 392 g/mol. The van der Waals surface area contributed by atoms with Crippen molar-refractivity contribution in [3.05, 3.63) is 0 Å². The first-order chi connectivity index (χ1) is 8.76. The van der Waals surface area contributed by atoms with E-state index in [-0.39, 0.29) is 7.61 Å². The first-order valence-corrected chi connectivity index (χ1v) is 26.4. The molecule has 2 atom stereocenters. The van der Waals surface area contributed by atoms with Gasteiger partial charge in [-0.2, -0.15) is 0 Å². The van der Waals surface area contributed by atoms with Crippen LogP contribution in [-0.2, 0) is 0 Å². The molecular weight excluding hydrogens is 347 g/mol. The number of hydrogen-bond acceptors (Lipinski definition) is 0. The van der Waals surface area contributed by atoms with Gasteiger partial charge in [0, 0.05) is 0 Å². The van der Waals surface area contributed by atoms with Crippen molar-refractivity contribution in [3.63, 3.8) is 0 Å². The summed E-state index contributed by atoms with van der Waals surface area (Å²) in [5.74, 6) is 0.976. The van der Waals surface area contributed by atoms with Crippen LogP contribution in [0.3, 0.4) is 0 Å². The summed E-state index contributed by atoms with van der Waals surface area (Å²) >= 11 is 0. The molecule has 0 amide bonds. The number of hydrogen-bond donors (Lipinski definition) is 0. The standard InChI is InChI=1S/C16H45P5/c1-15(2)16-19(6,7)21(11,12,13)17(3)14-18(4,5)20(16,8,9)10/h15-16,18-19H,14H2,1-13H3. The maximum absolute atomic E-state index is 2.81. The normalized spacial score (nSPS) is 45.8. The van der Waals surface area contributed by atoms with Gasteiger partial charge in [-0.25, -0.2) is 0 Å². The third-order valence-electron chi connectivity index (χ3n) is 8.29. The fourth-order valence-corrected chi connectivity index (χ4v) is 79.5. The van der Waals surface area contributed by atoms with E-state index in [9.17, 15) is 0 Å². The Bertz CT molecular complexity index is 431. The van der Waals surface area contributed by atoms with Crippen molar-refractivity contribution in [2.45, 2.75) is 19.2 Å². The van der Waals surface area contributed by atoms with E-state index in [2.05, 4.69) is 87.2 Å². The average Bonchev–Trinajstić information content (AvgIpc) is 2.11. The molecule has 0 saturated carbocycles. The van der Waals surface area contributed by atoms with Gasteiger partial charge >= 0.3 is 138 Å². The van der Waals surface area contributed by atoms with E-state index in [1.54, 1.807) is 5.90 Å². The van der Waals surface area contributed by atoms with Gasteiger partial charge in [-0.1, -0.05) is 0 Å². The molecule has 5 heteroatoms. The maximum atomic E-state index is 2.81. The van der Waals surface area contributed by atoms with E-state index < -0.39 is 26.2 Å². The van der Waals surface area contributed by atoms with Gasteiger partial charge in [0.25, 0.3) is 0 Å². The van der Waals surface area contributed by atoms with Gasteiger partial charge in [0.05, 0.1) is 0 Å². The van der Waals surface area contributed by atoms with Crippen LogP contribution in [0, 0.1) is 5.92 Å². The van der Waals surface area contributed by atoms with Crippen molar-refractivity contribution in [1.29, 1.82) is 0 Å². The summed E-state index contributed by atoms with van der Waals surface area (Å²) < 4.78 is 0. The fourth-order valence-electron chi connectivity index (χ4n) is 5.30. The zero-order valence-corrected chi connectivity index (χ0v) is 21.9. The van der Waals surface area contributed by atoms with Crippen molar-refractivity contribution in [3.8, 4) is 0 Å². The molecule has 0 nitrogen and oxygen atoms in total. The van der Waals surface area contributed by atoms with E-state index in [1.165, 1.54) is 0 Å². The molecule has 0 spiro atoms. The molecule has 0 aromatic carbocycles. The number of rotatable bonds is 1. The van der Waals surface area contributed by atoms with E-state index in [0.717, 1.165) is 11.3 Å². The Morgan fingerprint density at radius 3 is 1.62 bits per heavy atom. The van der Waals surface area contributed by atoms with Crippen LogP contribution in [0.25, 0.3) is 0 Å². The summed E-state index contributed by atoms with van der Waals surface area (Å²) in [5, 5.41) is 1.07. The van der Waals surface area contributed by atoms with E-state index in [4.69, 9.17) is 0 Å². The molecule has 0 radical (unpaired) electrons. The molecule has 0 aromatic heterocycles. The molecule has 2 unspecified atom stereocenters. The molecule has 1 heterocycles. The molecule has 1 saturated heterocycles. The molecule has 1 rings (SSSR count). The third kappa shape index (κ3) is 2.75. The van der Waals surface area contributed by atoms with Gasteiger partial charge < -0.3 is 0 Å². The molecule has 0 aromatic rings. The SMILES string of the molecule is CC(C)C1[PH](C)(C)P(C)(C)(C)P(C)C[PH](C)(C)P1(C)(C)C. The summed E-state index contributed by atoms with van der Waals surface area (Å²) in [6.45, 7) is 33.3. The minimum absolute atomic E-state index is 0.225. The van der Waals surface area contributed by atoms with Crippen LogP contribution in [0.2, 0.25) is 0 Å². The Hall–Kier alpha value is 2.15. The van der Waals surface area contributed by atoms with Crippen LogP contribution >= 0.6 is 33.8 Å². The summed E-state index contributed by atoms with van der Waals surface area (Å²) in [7, 11) is 0.225. The Morgan fingerprint density at radius 1 is 0.905 bits per heavy atom. The van der Waals surface area contributed by atoms with Crippen LogP contribution in [0.15, 0.2) is 0 Å². The zero-order valence-electron chi connectivity index (χ0n) is 17.2. The minimum atomic E-state index is -1.62. The second-order valence-corrected chi connectivity index (χ2v) is 58.0. The topological polar surface area (TPSA) is 0 Å². The molecule has 1 aliphatic rings. The van der Waals surface area contributed by atoms with Gasteiger partial charge in [-0.3, -0.25) is 0 Å². The van der Waals surface area contributed by atoms with Gasteiger partial charge in [0.1, 0.15) is 0 Å². The van der Waals surface area contributed by atoms with Gasteiger partial charge in [0.15, 0.2) is 0 Å². The quantitative estimate of drug-likeness (QED) is 0.436. The van der Waals surface area contributed by atoms with E-state index >= 15 is 0 Å². The van der Waals surface area contributed by atoms with Crippen molar-refractivity contribution in [1.82, 2.24) is 0 Å². The second kappa shape index (κ2) is 5.08. The predicted octanol–water partition coefficient (Wildman–Crippen LogP) is 6.70. The first kappa shape index (κ1) is 21.2. The fraction of sp³-hybridized carbons (Fsp3) is 1.00. The zero-order chi connectivity index (χ0) is 17.3. The van der Waals surface area contributed by atoms with Crippen LogP contribution in [0.1, 0.15) is 13.8 Å². The summed E-state index contributed by atoms with van der Waals surface area (Å²) in [5.41, 5.74) is 0. The van der Waals surface area contributed by atoms with E-state index in [0.29, 0.717) is 0 Å². The first-order valence-electron chi connectivity index (χ1n) is 8.48. The van der Waals surface area contributed by atoms with Crippen LogP contribution in [-0.4, -0.2) is 84.6 Å². The van der Waals surface area contributed by atoms with Crippen molar-refractivity contribution in [2.75, 3.05) is 79.2 Å². The Balaban J connectivity index is 3.85. The van der Waals surface area contributed by atoms with E-state index in [1.807, 2.05) is 0 Å². The monoisotopic (exact) mass is 392 g/mol. The van der Waals surface area contributed by atoms with Gasteiger partial charge in [-0.15, -0.1) is 0 Å².